The molecule has 3 rings (SSSR count). The summed E-state index contributed by atoms with van der Waals surface area (Å²) in [5, 5.41) is 6.82. The van der Waals surface area contributed by atoms with Gasteiger partial charge in [-0.25, -0.2) is 0 Å². The molecule has 0 aromatic heterocycles. The highest BCUT2D eigenvalue weighted by molar-refractivity contribution is 5.82. The number of piperidine rings is 1. The van der Waals surface area contributed by atoms with Gasteiger partial charge in [0.2, 0.25) is 5.91 Å². The zero-order chi connectivity index (χ0) is 15.1. The van der Waals surface area contributed by atoms with Crippen molar-refractivity contribution in [3.05, 3.63) is 35.4 Å². The van der Waals surface area contributed by atoms with Crippen LogP contribution in [0.4, 0.5) is 0 Å². The second-order valence-corrected chi connectivity index (χ2v) is 7.64. The SMILES string of the molecule is CC(C)(C)C(=O)NC1c2ccccc2CC12CCNCC2. The van der Waals surface area contributed by atoms with Crippen molar-refractivity contribution in [2.45, 2.75) is 46.1 Å². The van der Waals surface area contributed by atoms with Crippen LogP contribution in [0.3, 0.4) is 0 Å². The quantitative estimate of drug-likeness (QED) is 0.833. The molecule has 2 aliphatic rings. The summed E-state index contributed by atoms with van der Waals surface area (Å²) in [6.45, 7) is 8.06. The van der Waals surface area contributed by atoms with E-state index in [0.717, 1.165) is 32.4 Å². The van der Waals surface area contributed by atoms with Crippen LogP contribution in [0.15, 0.2) is 24.3 Å². The van der Waals surface area contributed by atoms with E-state index in [1.807, 2.05) is 20.8 Å². The summed E-state index contributed by atoms with van der Waals surface area (Å²) >= 11 is 0. The van der Waals surface area contributed by atoms with Gasteiger partial charge in [-0.2, -0.15) is 0 Å². The van der Waals surface area contributed by atoms with Crippen molar-refractivity contribution < 1.29 is 4.79 Å². The van der Waals surface area contributed by atoms with E-state index >= 15 is 0 Å². The van der Waals surface area contributed by atoms with Gasteiger partial charge in [0, 0.05) is 10.8 Å². The van der Waals surface area contributed by atoms with Crippen molar-refractivity contribution in [1.82, 2.24) is 10.6 Å². The smallest absolute Gasteiger partial charge is 0.225 e. The van der Waals surface area contributed by atoms with Crippen LogP contribution in [0.5, 0.6) is 0 Å². The van der Waals surface area contributed by atoms with E-state index in [1.54, 1.807) is 0 Å². The van der Waals surface area contributed by atoms with E-state index in [2.05, 4.69) is 34.9 Å². The van der Waals surface area contributed by atoms with Gasteiger partial charge in [-0.05, 0) is 43.5 Å². The van der Waals surface area contributed by atoms with Gasteiger partial charge in [0.25, 0.3) is 0 Å². The van der Waals surface area contributed by atoms with Gasteiger partial charge in [0.1, 0.15) is 0 Å². The Labute approximate surface area is 127 Å². The molecule has 1 unspecified atom stereocenters. The molecular weight excluding hydrogens is 260 g/mol. The highest BCUT2D eigenvalue weighted by Crippen LogP contribution is 2.51. The van der Waals surface area contributed by atoms with Gasteiger partial charge < -0.3 is 10.6 Å². The van der Waals surface area contributed by atoms with Crippen molar-refractivity contribution in [2.24, 2.45) is 10.8 Å². The van der Waals surface area contributed by atoms with Crippen molar-refractivity contribution in [2.75, 3.05) is 13.1 Å². The highest BCUT2D eigenvalue weighted by Gasteiger charge is 2.47. The maximum absolute atomic E-state index is 12.5. The lowest BCUT2D eigenvalue weighted by atomic mass is 9.73. The Kier molecular flexibility index (Phi) is 3.56. The van der Waals surface area contributed by atoms with E-state index in [4.69, 9.17) is 0 Å². The summed E-state index contributed by atoms with van der Waals surface area (Å²) in [6, 6.07) is 8.79. The number of carbonyl (C=O) groups is 1. The fourth-order valence-electron chi connectivity index (χ4n) is 3.76. The molecule has 1 spiro atoms. The summed E-state index contributed by atoms with van der Waals surface area (Å²) < 4.78 is 0. The van der Waals surface area contributed by atoms with Crippen LogP contribution in [0.2, 0.25) is 0 Å². The number of benzene rings is 1. The number of hydrogen-bond donors (Lipinski definition) is 2. The molecule has 1 aliphatic heterocycles. The van der Waals surface area contributed by atoms with Crippen LogP contribution in [-0.4, -0.2) is 19.0 Å². The molecule has 3 heteroatoms. The normalized spacial score (nSPS) is 23.9. The zero-order valence-corrected chi connectivity index (χ0v) is 13.3. The summed E-state index contributed by atoms with van der Waals surface area (Å²) in [5.41, 5.74) is 2.61. The molecule has 1 aromatic rings. The minimum Gasteiger partial charge on any atom is -0.348 e. The molecule has 0 bridgehead atoms. The van der Waals surface area contributed by atoms with Crippen molar-refractivity contribution in [3.63, 3.8) is 0 Å². The van der Waals surface area contributed by atoms with Crippen LogP contribution in [0, 0.1) is 10.8 Å². The van der Waals surface area contributed by atoms with Gasteiger partial charge in [-0.3, -0.25) is 4.79 Å². The van der Waals surface area contributed by atoms with Crippen LogP contribution < -0.4 is 10.6 Å². The lowest BCUT2D eigenvalue weighted by molar-refractivity contribution is -0.130. The fraction of sp³-hybridized carbons (Fsp3) is 0.611. The third kappa shape index (κ3) is 2.59. The molecule has 21 heavy (non-hydrogen) atoms. The molecule has 1 aromatic carbocycles. The Morgan fingerprint density at radius 1 is 1.24 bits per heavy atom. The minimum absolute atomic E-state index is 0.155. The molecule has 1 fully saturated rings. The number of carbonyl (C=O) groups excluding carboxylic acids is 1. The second kappa shape index (κ2) is 5.13. The van der Waals surface area contributed by atoms with Gasteiger partial charge in [-0.1, -0.05) is 45.0 Å². The summed E-state index contributed by atoms with van der Waals surface area (Å²) in [7, 11) is 0. The van der Waals surface area contributed by atoms with E-state index in [-0.39, 0.29) is 22.8 Å². The minimum atomic E-state index is -0.342. The van der Waals surface area contributed by atoms with Gasteiger partial charge in [0.05, 0.1) is 6.04 Å². The monoisotopic (exact) mass is 286 g/mol. The number of amides is 1. The van der Waals surface area contributed by atoms with Gasteiger partial charge >= 0.3 is 0 Å². The Morgan fingerprint density at radius 2 is 1.90 bits per heavy atom. The predicted octanol–water partition coefficient (Wildman–Crippen LogP) is 2.82. The molecule has 0 radical (unpaired) electrons. The molecule has 1 amide bonds. The summed E-state index contributed by atoms with van der Waals surface area (Å²) in [4.78, 5) is 12.5. The first-order chi connectivity index (χ1) is 9.92. The van der Waals surface area contributed by atoms with Gasteiger partial charge in [-0.15, -0.1) is 0 Å². The zero-order valence-electron chi connectivity index (χ0n) is 13.3. The van der Waals surface area contributed by atoms with Crippen LogP contribution >= 0.6 is 0 Å². The molecule has 114 valence electrons. The Bertz CT molecular complexity index is 538. The van der Waals surface area contributed by atoms with Gasteiger partial charge in [0.15, 0.2) is 0 Å². The Balaban J connectivity index is 1.94. The van der Waals surface area contributed by atoms with E-state index < -0.39 is 0 Å². The van der Waals surface area contributed by atoms with Crippen molar-refractivity contribution >= 4 is 5.91 Å². The summed E-state index contributed by atoms with van der Waals surface area (Å²) in [5.74, 6) is 0.155. The first-order valence-corrected chi connectivity index (χ1v) is 8.02. The number of hydrogen-bond acceptors (Lipinski definition) is 2. The molecule has 1 saturated heterocycles. The molecule has 1 aliphatic carbocycles. The van der Waals surface area contributed by atoms with E-state index in [9.17, 15) is 4.79 Å². The number of nitrogens with one attached hydrogen (secondary N) is 2. The summed E-state index contributed by atoms with van der Waals surface area (Å²) in [6.07, 6.45) is 3.37. The Morgan fingerprint density at radius 3 is 2.57 bits per heavy atom. The molecule has 1 atom stereocenters. The standard InChI is InChI=1S/C18H26N2O/c1-17(2,3)16(21)20-15-14-7-5-4-6-13(14)12-18(15)8-10-19-11-9-18/h4-7,15,19H,8-12H2,1-3H3,(H,20,21). The largest absolute Gasteiger partial charge is 0.348 e. The number of fused-ring (bicyclic) bond motifs is 1. The number of rotatable bonds is 1. The lowest BCUT2D eigenvalue weighted by Gasteiger charge is -2.40. The topological polar surface area (TPSA) is 41.1 Å². The maximum atomic E-state index is 12.5. The van der Waals surface area contributed by atoms with E-state index in [0.29, 0.717) is 0 Å². The third-order valence-corrected chi connectivity index (χ3v) is 5.08. The van der Waals surface area contributed by atoms with Crippen molar-refractivity contribution in [1.29, 1.82) is 0 Å². The fourth-order valence-corrected chi connectivity index (χ4v) is 3.76. The van der Waals surface area contributed by atoms with Crippen LogP contribution in [-0.2, 0) is 11.2 Å². The van der Waals surface area contributed by atoms with Crippen LogP contribution in [0.1, 0.15) is 50.8 Å². The Hall–Kier alpha value is -1.35. The molecule has 3 nitrogen and oxygen atoms in total. The average Bonchev–Trinajstić information content (AvgIpc) is 2.72. The average molecular weight is 286 g/mol. The molecular formula is C18H26N2O. The molecule has 2 N–H and O–H groups in total. The first kappa shape index (κ1) is 14.6. The second-order valence-electron chi connectivity index (χ2n) is 7.64. The molecule has 1 heterocycles. The van der Waals surface area contributed by atoms with Crippen molar-refractivity contribution in [3.8, 4) is 0 Å². The third-order valence-electron chi connectivity index (χ3n) is 5.08. The lowest BCUT2D eigenvalue weighted by Crippen LogP contribution is -2.47. The van der Waals surface area contributed by atoms with Crippen LogP contribution in [0.25, 0.3) is 0 Å². The molecule has 0 saturated carbocycles. The predicted molar refractivity (Wildman–Crippen MR) is 85.0 cm³/mol. The van der Waals surface area contributed by atoms with E-state index in [1.165, 1.54) is 11.1 Å². The maximum Gasteiger partial charge on any atom is 0.225 e. The highest BCUT2D eigenvalue weighted by atomic mass is 16.2. The first-order valence-electron chi connectivity index (χ1n) is 8.02.